The second-order valence-electron chi connectivity index (χ2n) is 10.8. The molecule has 5 aliphatic rings. The highest BCUT2D eigenvalue weighted by atomic mass is 35.5. The minimum atomic E-state index is -4.40. The van der Waals surface area contributed by atoms with E-state index >= 15 is 0 Å². The van der Waals surface area contributed by atoms with Crippen molar-refractivity contribution in [1.29, 1.82) is 0 Å². The fraction of sp³-hybridized carbons (Fsp3) is 0.692. The van der Waals surface area contributed by atoms with Crippen LogP contribution < -0.4 is 4.90 Å². The smallest absolute Gasteiger partial charge is 0.330 e. The summed E-state index contributed by atoms with van der Waals surface area (Å²) in [4.78, 5) is 22.1. The van der Waals surface area contributed by atoms with Gasteiger partial charge in [0.1, 0.15) is 6.17 Å². The van der Waals surface area contributed by atoms with Crippen molar-refractivity contribution in [2.75, 3.05) is 17.2 Å². The molecule has 1 aromatic carbocycles. The molecule has 9 heteroatoms. The second-order valence-corrected chi connectivity index (χ2v) is 11.8. The predicted molar refractivity (Wildman–Crippen MR) is 138 cm³/mol. The zero-order valence-corrected chi connectivity index (χ0v) is 22.0. The van der Waals surface area contributed by atoms with Gasteiger partial charge in [0, 0.05) is 24.9 Å². The molecule has 4 nitrogen and oxygen atoms in total. The van der Waals surface area contributed by atoms with Crippen LogP contribution in [0.4, 0.5) is 18.9 Å². The van der Waals surface area contributed by atoms with Crippen LogP contribution in [0.15, 0.2) is 29.3 Å². The van der Waals surface area contributed by atoms with E-state index in [2.05, 4.69) is 11.8 Å². The molecular formula is C26H35ClF3N3OS. The topological polar surface area (TPSA) is 35.9 Å². The molecule has 1 atom stereocenters. The van der Waals surface area contributed by atoms with E-state index in [1.807, 2.05) is 0 Å². The molecule has 4 saturated carbocycles. The van der Waals surface area contributed by atoms with Crippen molar-refractivity contribution >= 4 is 40.9 Å². The number of rotatable bonds is 6. The number of halogens is 4. The summed E-state index contributed by atoms with van der Waals surface area (Å²) in [6.07, 6.45) is 5.03. The molecule has 194 valence electrons. The normalized spacial score (nSPS) is 32.7. The average Bonchev–Trinajstić information content (AvgIpc) is 3.12. The summed E-state index contributed by atoms with van der Waals surface area (Å²) in [5, 5.41) is 1.03. The van der Waals surface area contributed by atoms with Gasteiger partial charge in [-0.05, 0) is 87.0 Å². The first-order valence-electron chi connectivity index (χ1n) is 12.6. The monoisotopic (exact) mass is 529 g/mol. The van der Waals surface area contributed by atoms with Crippen molar-refractivity contribution in [3.8, 4) is 0 Å². The molecule has 4 aliphatic carbocycles. The van der Waals surface area contributed by atoms with Crippen molar-refractivity contribution < 1.29 is 18.0 Å². The molecule has 1 unspecified atom stereocenters. The molecule has 5 fully saturated rings. The summed E-state index contributed by atoms with van der Waals surface area (Å²) >= 11 is 1.71. The van der Waals surface area contributed by atoms with E-state index in [1.54, 1.807) is 16.7 Å². The number of thioether (sulfide) groups is 1. The molecule has 35 heavy (non-hydrogen) atoms. The quantitative estimate of drug-likeness (QED) is 0.399. The number of benzene rings is 1. The van der Waals surface area contributed by atoms with Gasteiger partial charge >= 0.3 is 6.18 Å². The van der Waals surface area contributed by atoms with Crippen LogP contribution in [0.1, 0.15) is 70.8 Å². The molecule has 1 amide bonds. The fourth-order valence-corrected chi connectivity index (χ4v) is 8.38. The molecular weight excluding hydrogens is 495 g/mol. The lowest BCUT2D eigenvalue weighted by Crippen LogP contribution is -2.52. The Kier molecular flexibility index (Phi) is 7.73. The van der Waals surface area contributed by atoms with Crippen molar-refractivity contribution in [3.05, 3.63) is 29.8 Å². The number of alkyl halides is 3. The Bertz CT molecular complexity index is 917. The number of nitrogens with zero attached hydrogens (tertiary/aromatic N) is 3. The van der Waals surface area contributed by atoms with E-state index in [-0.39, 0.29) is 30.0 Å². The summed E-state index contributed by atoms with van der Waals surface area (Å²) in [6, 6.07) is 4.96. The highest BCUT2D eigenvalue weighted by Crippen LogP contribution is 2.57. The van der Waals surface area contributed by atoms with Gasteiger partial charge in [0.25, 0.3) is 0 Å². The highest BCUT2D eigenvalue weighted by molar-refractivity contribution is 8.14. The number of amides is 1. The Hall–Kier alpha value is -1.41. The number of hydrogen-bond acceptors (Lipinski definition) is 3. The summed E-state index contributed by atoms with van der Waals surface area (Å²) in [5.41, 5.74) is -0.151. The van der Waals surface area contributed by atoms with Crippen molar-refractivity contribution in [2.24, 2.45) is 22.7 Å². The number of anilines is 1. The molecule has 0 spiro atoms. The van der Waals surface area contributed by atoms with E-state index in [9.17, 15) is 18.0 Å². The fourth-order valence-electron chi connectivity index (χ4n) is 7.11. The van der Waals surface area contributed by atoms with Gasteiger partial charge in [-0.3, -0.25) is 14.7 Å². The third kappa shape index (κ3) is 5.34. The van der Waals surface area contributed by atoms with Gasteiger partial charge in [0.2, 0.25) is 5.91 Å². The van der Waals surface area contributed by atoms with Gasteiger partial charge in [-0.25, -0.2) is 0 Å². The maximum Gasteiger partial charge on any atom is 0.416 e. The number of hydrogen-bond donors (Lipinski definition) is 0. The average molecular weight is 530 g/mol. The summed E-state index contributed by atoms with van der Waals surface area (Å²) in [6.45, 7) is 4.44. The number of amidine groups is 1. The number of aliphatic imine (C=N–C) groups is 1. The Labute approximate surface area is 216 Å². The van der Waals surface area contributed by atoms with Crippen molar-refractivity contribution in [3.63, 3.8) is 0 Å². The van der Waals surface area contributed by atoms with E-state index in [0.29, 0.717) is 11.4 Å². The van der Waals surface area contributed by atoms with E-state index in [4.69, 9.17) is 4.99 Å². The molecule has 1 aromatic rings. The minimum Gasteiger partial charge on any atom is -0.330 e. The van der Waals surface area contributed by atoms with Gasteiger partial charge in [-0.15, -0.1) is 12.4 Å². The minimum absolute atomic E-state index is 0. The maximum absolute atomic E-state index is 13.1. The number of carbonyl (C=O) groups is 1. The van der Waals surface area contributed by atoms with Gasteiger partial charge in [0.05, 0.1) is 11.1 Å². The number of carbonyl (C=O) groups excluding carboxylic acids is 1. The van der Waals surface area contributed by atoms with Gasteiger partial charge in [0.15, 0.2) is 5.17 Å². The van der Waals surface area contributed by atoms with Crippen LogP contribution in [-0.2, 0) is 11.0 Å². The lowest BCUT2D eigenvalue weighted by Gasteiger charge is -2.55. The molecule has 1 heterocycles. The zero-order chi connectivity index (χ0) is 24.1. The largest absolute Gasteiger partial charge is 0.416 e. The molecule has 6 rings (SSSR count). The maximum atomic E-state index is 13.1. The second kappa shape index (κ2) is 10.2. The van der Waals surface area contributed by atoms with Crippen LogP contribution in [0.25, 0.3) is 0 Å². The van der Waals surface area contributed by atoms with Gasteiger partial charge in [-0.1, -0.05) is 25.1 Å². The van der Waals surface area contributed by atoms with E-state index in [0.717, 1.165) is 54.4 Å². The molecule has 1 aliphatic heterocycles. The van der Waals surface area contributed by atoms with Crippen LogP contribution >= 0.6 is 24.2 Å². The first-order valence-corrected chi connectivity index (χ1v) is 13.6. The Morgan fingerprint density at radius 3 is 2.17 bits per heavy atom. The lowest BCUT2D eigenvalue weighted by molar-refractivity contribution is -0.137. The standard InChI is InChI=1S/C26H34F3N3OS.ClH/c1-3-4-9-31-23(32(17(2)33)22-7-5-21(6-8-22)26(27,28)29)16-34-24(31)30-25-13-18-10-19(14-25)12-20(11-18)15-25;/h5-8,18-20,23H,3-4,9-16H2,1-2H3;1H. The van der Waals surface area contributed by atoms with E-state index < -0.39 is 11.7 Å². The van der Waals surface area contributed by atoms with Gasteiger partial charge < -0.3 is 4.90 Å². The van der Waals surface area contributed by atoms with Crippen LogP contribution in [0.3, 0.4) is 0 Å². The first-order chi connectivity index (χ1) is 16.2. The Morgan fingerprint density at radius 2 is 1.69 bits per heavy atom. The summed E-state index contributed by atoms with van der Waals surface area (Å²) in [5.74, 6) is 2.94. The third-order valence-corrected chi connectivity index (χ3v) is 9.22. The lowest BCUT2D eigenvalue weighted by atomic mass is 9.53. The summed E-state index contributed by atoms with van der Waals surface area (Å²) in [7, 11) is 0. The Morgan fingerprint density at radius 1 is 1.11 bits per heavy atom. The first kappa shape index (κ1) is 26.6. The van der Waals surface area contributed by atoms with Crippen LogP contribution in [0, 0.1) is 17.8 Å². The Balaban J connectivity index is 0.00000289. The zero-order valence-electron chi connectivity index (χ0n) is 20.4. The third-order valence-electron chi connectivity index (χ3n) is 8.17. The van der Waals surface area contributed by atoms with Crippen LogP contribution in [-0.4, -0.2) is 40.0 Å². The highest BCUT2D eigenvalue weighted by Gasteiger charge is 2.52. The van der Waals surface area contributed by atoms with Gasteiger partial charge in [-0.2, -0.15) is 13.2 Å². The van der Waals surface area contributed by atoms with Crippen molar-refractivity contribution in [1.82, 2.24) is 4.90 Å². The van der Waals surface area contributed by atoms with E-state index in [1.165, 1.54) is 57.6 Å². The molecule has 0 N–H and O–H groups in total. The number of unbranched alkanes of at least 4 members (excludes halogenated alkanes) is 1. The molecule has 4 bridgehead atoms. The molecule has 0 aromatic heterocycles. The molecule has 0 radical (unpaired) electrons. The predicted octanol–water partition coefficient (Wildman–Crippen LogP) is 6.98. The summed E-state index contributed by atoms with van der Waals surface area (Å²) < 4.78 is 39.2. The molecule has 1 saturated heterocycles. The van der Waals surface area contributed by atoms with Crippen molar-refractivity contribution in [2.45, 2.75) is 83.1 Å². The van der Waals surface area contributed by atoms with Crippen LogP contribution in [0.5, 0.6) is 0 Å². The van der Waals surface area contributed by atoms with Crippen LogP contribution in [0.2, 0.25) is 0 Å². The SMILES string of the molecule is CCCCN1C(=NC23CC4CC(CC(C4)C2)C3)SCC1N(C(C)=O)c1ccc(C(F)(F)F)cc1.Cl.